The Labute approximate surface area is 89.3 Å². The molecule has 3 nitrogen and oxygen atoms in total. The number of nitrogens with zero attached hydrogens (tertiary/aromatic N) is 1. The lowest BCUT2D eigenvalue weighted by molar-refractivity contribution is 0.0788. The summed E-state index contributed by atoms with van der Waals surface area (Å²) in [6, 6.07) is 6.43. The molecule has 1 aromatic rings. The molecule has 0 spiro atoms. The van der Waals surface area contributed by atoms with Gasteiger partial charge in [-0.1, -0.05) is 6.92 Å². The Morgan fingerprint density at radius 2 is 2.07 bits per heavy atom. The summed E-state index contributed by atoms with van der Waals surface area (Å²) in [4.78, 5) is 13.8. The SMILES string of the molecule is CC1CCN(C(=O)c2ccc(O)cc2)C1. The first-order valence-corrected chi connectivity index (χ1v) is 5.25. The summed E-state index contributed by atoms with van der Waals surface area (Å²) in [6.45, 7) is 3.85. The topological polar surface area (TPSA) is 40.5 Å². The van der Waals surface area contributed by atoms with Gasteiger partial charge in [0.05, 0.1) is 0 Å². The first-order chi connectivity index (χ1) is 7.16. The van der Waals surface area contributed by atoms with Crippen LogP contribution in [0.1, 0.15) is 23.7 Å². The monoisotopic (exact) mass is 205 g/mol. The maximum atomic E-state index is 11.9. The predicted octanol–water partition coefficient (Wildman–Crippen LogP) is 1.87. The standard InChI is InChI=1S/C12H15NO2/c1-9-6-7-13(8-9)12(15)10-2-4-11(14)5-3-10/h2-5,9,14H,6-8H2,1H3. The number of carbonyl (C=O) groups excluding carboxylic acids is 1. The lowest BCUT2D eigenvalue weighted by atomic mass is 10.2. The molecule has 80 valence electrons. The minimum Gasteiger partial charge on any atom is -0.508 e. The van der Waals surface area contributed by atoms with Gasteiger partial charge in [-0.05, 0) is 36.6 Å². The van der Waals surface area contributed by atoms with Crippen molar-refractivity contribution in [2.75, 3.05) is 13.1 Å². The summed E-state index contributed by atoms with van der Waals surface area (Å²) in [5, 5.41) is 9.12. The maximum Gasteiger partial charge on any atom is 0.253 e. The van der Waals surface area contributed by atoms with Crippen molar-refractivity contribution in [2.24, 2.45) is 5.92 Å². The lowest BCUT2D eigenvalue weighted by Crippen LogP contribution is -2.28. The second-order valence-electron chi connectivity index (χ2n) is 4.19. The summed E-state index contributed by atoms with van der Waals surface area (Å²) < 4.78 is 0. The number of benzene rings is 1. The average Bonchev–Trinajstić information content (AvgIpc) is 2.65. The van der Waals surface area contributed by atoms with Gasteiger partial charge in [-0.2, -0.15) is 0 Å². The summed E-state index contributed by atoms with van der Waals surface area (Å²) in [5.74, 6) is 0.867. The number of hydrogen-bond acceptors (Lipinski definition) is 2. The fraction of sp³-hybridized carbons (Fsp3) is 0.417. The van der Waals surface area contributed by atoms with Gasteiger partial charge in [0.25, 0.3) is 5.91 Å². The summed E-state index contributed by atoms with van der Waals surface area (Å²) in [6.07, 6.45) is 1.09. The Hall–Kier alpha value is -1.51. The maximum absolute atomic E-state index is 11.9. The smallest absolute Gasteiger partial charge is 0.253 e. The van der Waals surface area contributed by atoms with Crippen molar-refractivity contribution >= 4 is 5.91 Å². The molecule has 2 rings (SSSR count). The first-order valence-electron chi connectivity index (χ1n) is 5.25. The first kappa shape index (κ1) is 10.0. The highest BCUT2D eigenvalue weighted by atomic mass is 16.3. The van der Waals surface area contributed by atoms with E-state index in [9.17, 15) is 4.79 Å². The average molecular weight is 205 g/mol. The van der Waals surface area contributed by atoms with Crippen molar-refractivity contribution in [3.05, 3.63) is 29.8 Å². The van der Waals surface area contributed by atoms with E-state index in [0.29, 0.717) is 11.5 Å². The third-order valence-corrected chi connectivity index (χ3v) is 2.83. The van der Waals surface area contributed by atoms with Crippen LogP contribution in [-0.2, 0) is 0 Å². The zero-order chi connectivity index (χ0) is 10.8. The van der Waals surface area contributed by atoms with Gasteiger partial charge in [-0.25, -0.2) is 0 Å². The van der Waals surface area contributed by atoms with Crippen LogP contribution in [-0.4, -0.2) is 29.0 Å². The van der Waals surface area contributed by atoms with Gasteiger partial charge in [0.2, 0.25) is 0 Å². The molecule has 15 heavy (non-hydrogen) atoms. The van der Waals surface area contributed by atoms with E-state index in [0.717, 1.165) is 19.5 Å². The highest BCUT2D eigenvalue weighted by molar-refractivity contribution is 5.94. The highest BCUT2D eigenvalue weighted by Gasteiger charge is 2.23. The molecule has 1 aliphatic rings. The highest BCUT2D eigenvalue weighted by Crippen LogP contribution is 2.18. The van der Waals surface area contributed by atoms with E-state index >= 15 is 0 Å². The molecule has 1 saturated heterocycles. The molecule has 0 saturated carbocycles. The van der Waals surface area contributed by atoms with Crippen molar-refractivity contribution in [3.63, 3.8) is 0 Å². The molecule has 1 heterocycles. The second kappa shape index (κ2) is 3.93. The second-order valence-corrected chi connectivity index (χ2v) is 4.19. The van der Waals surface area contributed by atoms with Gasteiger partial charge in [0, 0.05) is 18.7 Å². The van der Waals surface area contributed by atoms with Gasteiger partial charge in [0.15, 0.2) is 0 Å². The number of carbonyl (C=O) groups is 1. The normalized spacial score (nSPS) is 20.6. The van der Waals surface area contributed by atoms with E-state index in [2.05, 4.69) is 6.92 Å². The predicted molar refractivity (Wildman–Crippen MR) is 57.8 cm³/mol. The number of rotatable bonds is 1. The third kappa shape index (κ3) is 2.12. The van der Waals surface area contributed by atoms with Crippen molar-refractivity contribution in [1.29, 1.82) is 0 Å². The van der Waals surface area contributed by atoms with Gasteiger partial charge in [0.1, 0.15) is 5.75 Å². The molecule has 0 aliphatic carbocycles. The molecular weight excluding hydrogens is 190 g/mol. The Kier molecular flexibility index (Phi) is 2.62. The minimum absolute atomic E-state index is 0.0688. The summed E-state index contributed by atoms with van der Waals surface area (Å²) in [7, 11) is 0. The zero-order valence-corrected chi connectivity index (χ0v) is 8.81. The molecule has 3 heteroatoms. The minimum atomic E-state index is 0.0688. The van der Waals surface area contributed by atoms with E-state index in [-0.39, 0.29) is 11.7 Å². The van der Waals surface area contributed by atoms with E-state index in [1.165, 1.54) is 0 Å². The van der Waals surface area contributed by atoms with E-state index in [1.54, 1.807) is 24.3 Å². The van der Waals surface area contributed by atoms with E-state index in [4.69, 9.17) is 5.11 Å². The summed E-state index contributed by atoms with van der Waals surface area (Å²) >= 11 is 0. The Bertz CT molecular complexity index is 358. The number of phenolic OH excluding ortho intramolecular Hbond substituents is 1. The van der Waals surface area contributed by atoms with Crippen molar-refractivity contribution in [3.8, 4) is 5.75 Å². The molecule has 1 unspecified atom stereocenters. The zero-order valence-electron chi connectivity index (χ0n) is 8.81. The van der Waals surface area contributed by atoms with Crippen LogP contribution in [0, 0.1) is 5.92 Å². The van der Waals surface area contributed by atoms with Crippen LogP contribution in [0.4, 0.5) is 0 Å². The molecular formula is C12H15NO2. The number of amides is 1. The van der Waals surface area contributed by atoms with Crippen molar-refractivity contribution in [1.82, 2.24) is 4.90 Å². The number of hydrogen-bond donors (Lipinski definition) is 1. The van der Waals surface area contributed by atoms with Gasteiger partial charge in [-0.3, -0.25) is 4.79 Å². The van der Waals surface area contributed by atoms with Crippen LogP contribution in [0.25, 0.3) is 0 Å². The molecule has 1 atom stereocenters. The van der Waals surface area contributed by atoms with E-state index in [1.807, 2.05) is 4.90 Å². The molecule has 0 bridgehead atoms. The molecule has 1 aromatic carbocycles. The lowest BCUT2D eigenvalue weighted by Gasteiger charge is -2.15. The van der Waals surface area contributed by atoms with Crippen LogP contribution in [0.2, 0.25) is 0 Å². The molecule has 1 N–H and O–H groups in total. The Morgan fingerprint density at radius 3 is 2.60 bits per heavy atom. The molecule has 1 amide bonds. The van der Waals surface area contributed by atoms with Gasteiger partial charge >= 0.3 is 0 Å². The van der Waals surface area contributed by atoms with Crippen molar-refractivity contribution in [2.45, 2.75) is 13.3 Å². The van der Waals surface area contributed by atoms with Crippen molar-refractivity contribution < 1.29 is 9.90 Å². The molecule has 1 aliphatic heterocycles. The fourth-order valence-electron chi connectivity index (χ4n) is 1.91. The molecule has 0 radical (unpaired) electrons. The van der Waals surface area contributed by atoms with Crippen LogP contribution < -0.4 is 0 Å². The largest absolute Gasteiger partial charge is 0.508 e. The van der Waals surface area contributed by atoms with Gasteiger partial charge < -0.3 is 10.0 Å². The third-order valence-electron chi connectivity index (χ3n) is 2.83. The van der Waals surface area contributed by atoms with Crippen LogP contribution in [0.15, 0.2) is 24.3 Å². The fourth-order valence-corrected chi connectivity index (χ4v) is 1.91. The molecule has 1 fully saturated rings. The van der Waals surface area contributed by atoms with Crippen LogP contribution in [0.3, 0.4) is 0 Å². The number of likely N-dealkylation sites (tertiary alicyclic amines) is 1. The van der Waals surface area contributed by atoms with Crippen LogP contribution >= 0.6 is 0 Å². The number of phenols is 1. The van der Waals surface area contributed by atoms with Crippen LogP contribution in [0.5, 0.6) is 5.75 Å². The Morgan fingerprint density at radius 1 is 1.40 bits per heavy atom. The quantitative estimate of drug-likeness (QED) is 0.760. The Balaban J connectivity index is 2.11. The summed E-state index contributed by atoms with van der Waals surface area (Å²) in [5.41, 5.74) is 0.655. The van der Waals surface area contributed by atoms with E-state index < -0.39 is 0 Å². The van der Waals surface area contributed by atoms with Gasteiger partial charge in [-0.15, -0.1) is 0 Å². The molecule has 0 aromatic heterocycles. The number of aromatic hydroxyl groups is 1.